The highest BCUT2D eigenvalue weighted by atomic mass is 19.4. The Hall–Kier alpha value is -3.67. The summed E-state index contributed by atoms with van der Waals surface area (Å²) >= 11 is 0. The number of ether oxygens (including phenoxy) is 3. The van der Waals surface area contributed by atoms with Gasteiger partial charge < -0.3 is 14.2 Å². The van der Waals surface area contributed by atoms with Gasteiger partial charge in [-0.25, -0.2) is 4.79 Å². The number of halogens is 3. The number of nitrogens with zero attached hydrogens (tertiary/aromatic N) is 2. The van der Waals surface area contributed by atoms with Crippen LogP contribution in [0.5, 0.6) is 11.5 Å². The first-order chi connectivity index (χ1) is 18.6. The quantitative estimate of drug-likeness (QED) is 0.170. The molecule has 12 heteroatoms. The molecule has 0 saturated heterocycles. The summed E-state index contributed by atoms with van der Waals surface area (Å²) in [7, 11) is 0. The van der Waals surface area contributed by atoms with Crippen LogP contribution in [0.2, 0.25) is 0 Å². The molecule has 210 valence electrons. The third kappa shape index (κ3) is 7.47. The second-order valence-electron chi connectivity index (χ2n) is 9.67. The van der Waals surface area contributed by atoms with Gasteiger partial charge in [0.25, 0.3) is 5.69 Å². The number of rotatable bonds is 10. The topological polar surface area (TPSA) is 108 Å². The normalized spacial score (nSPS) is 17.4. The first-order valence-electron chi connectivity index (χ1n) is 12.8. The summed E-state index contributed by atoms with van der Waals surface area (Å²) in [4.78, 5) is 36.1. The number of para-hydroxylation sites is 1. The van der Waals surface area contributed by atoms with Crippen LogP contribution in [0, 0.1) is 10.1 Å². The first kappa shape index (κ1) is 28.3. The molecule has 2 aromatic carbocycles. The Labute approximate surface area is 223 Å². The van der Waals surface area contributed by atoms with E-state index in [1.807, 2.05) is 0 Å². The molecule has 2 aromatic rings. The minimum absolute atomic E-state index is 0.0550. The Kier molecular flexibility index (Phi) is 9.05. The van der Waals surface area contributed by atoms with Crippen molar-refractivity contribution in [1.82, 2.24) is 4.90 Å². The van der Waals surface area contributed by atoms with Crippen molar-refractivity contribution < 1.29 is 41.9 Å². The van der Waals surface area contributed by atoms with Crippen molar-refractivity contribution in [1.29, 1.82) is 0 Å². The first-order valence-corrected chi connectivity index (χ1v) is 12.8. The van der Waals surface area contributed by atoms with Gasteiger partial charge in [0.2, 0.25) is 0 Å². The van der Waals surface area contributed by atoms with Crippen molar-refractivity contribution in [2.24, 2.45) is 0 Å². The van der Waals surface area contributed by atoms with Crippen molar-refractivity contribution in [3.63, 3.8) is 0 Å². The van der Waals surface area contributed by atoms with Crippen LogP contribution in [0.25, 0.3) is 0 Å². The number of fused-ring (bicyclic) bond motifs is 1. The Bertz CT molecular complexity index is 1200. The molecule has 1 aliphatic heterocycles. The van der Waals surface area contributed by atoms with Crippen LogP contribution in [-0.2, 0) is 20.9 Å². The molecule has 1 aliphatic carbocycles. The Morgan fingerprint density at radius 3 is 2.56 bits per heavy atom. The van der Waals surface area contributed by atoms with Crippen LogP contribution in [0.3, 0.4) is 0 Å². The zero-order valence-electron chi connectivity index (χ0n) is 21.2. The molecule has 1 atom stereocenters. The van der Waals surface area contributed by atoms with E-state index < -0.39 is 30.5 Å². The van der Waals surface area contributed by atoms with E-state index >= 15 is 0 Å². The van der Waals surface area contributed by atoms with E-state index in [1.54, 1.807) is 36.4 Å². The number of nitro groups is 1. The number of hydrogen-bond acceptors (Lipinski definition) is 8. The molecule has 0 amide bonds. The van der Waals surface area contributed by atoms with Crippen molar-refractivity contribution in [2.75, 3.05) is 19.8 Å². The maximum absolute atomic E-state index is 12.3. The van der Waals surface area contributed by atoms with Gasteiger partial charge in [0, 0.05) is 48.3 Å². The maximum Gasteiger partial charge on any atom is 0.491 e. The smallest absolute Gasteiger partial charge is 0.491 e. The standard InChI is InChI=1S/C27H29F3N2O7/c28-27(29,30)26(34)39-25(33)14-19-17-38-24-15-21(10-11-22(19)24)37-13-12-31(20-7-2-1-3-8-20)16-18-6-4-5-9-23(18)32(35)36/h4-6,9-11,15,19-20H,1-3,7-8,12-14,16-17H2. The minimum atomic E-state index is -5.24. The van der Waals surface area contributed by atoms with Crippen molar-refractivity contribution >= 4 is 17.6 Å². The average Bonchev–Trinajstić information content (AvgIpc) is 3.29. The molecule has 0 aromatic heterocycles. The highest BCUT2D eigenvalue weighted by Crippen LogP contribution is 2.38. The van der Waals surface area contributed by atoms with Crippen LogP contribution in [-0.4, -0.2) is 53.7 Å². The molecule has 4 rings (SSSR count). The van der Waals surface area contributed by atoms with Gasteiger partial charge in [-0.3, -0.25) is 19.8 Å². The molecule has 0 radical (unpaired) electrons. The molecule has 9 nitrogen and oxygen atoms in total. The molecule has 1 unspecified atom stereocenters. The van der Waals surface area contributed by atoms with Crippen LogP contribution >= 0.6 is 0 Å². The monoisotopic (exact) mass is 550 g/mol. The lowest BCUT2D eigenvalue weighted by Gasteiger charge is -2.34. The summed E-state index contributed by atoms with van der Waals surface area (Å²) in [6, 6.07) is 12.0. The van der Waals surface area contributed by atoms with E-state index in [4.69, 9.17) is 9.47 Å². The van der Waals surface area contributed by atoms with Crippen molar-refractivity contribution in [2.45, 2.75) is 63.2 Å². The predicted molar refractivity (Wildman–Crippen MR) is 132 cm³/mol. The number of nitro benzene ring substituents is 1. The third-order valence-corrected chi connectivity index (χ3v) is 7.02. The summed E-state index contributed by atoms with van der Waals surface area (Å²) in [6.07, 6.45) is -0.234. The average molecular weight is 551 g/mol. The lowest BCUT2D eigenvalue weighted by Crippen LogP contribution is -2.39. The van der Waals surface area contributed by atoms with Crippen LogP contribution in [0.15, 0.2) is 42.5 Å². The van der Waals surface area contributed by atoms with E-state index in [0.29, 0.717) is 48.4 Å². The lowest BCUT2D eigenvalue weighted by molar-refractivity contribution is -0.385. The Morgan fingerprint density at radius 2 is 1.85 bits per heavy atom. The zero-order valence-corrected chi connectivity index (χ0v) is 21.2. The van der Waals surface area contributed by atoms with E-state index in [9.17, 15) is 32.9 Å². The van der Waals surface area contributed by atoms with Gasteiger partial charge >= 0.3 is 18.1 Å². The number of benzene rings is 2. The molecule has 1 heterocycles. The van der Waals surface area contributed by atoms with E-state index in [2.05, 4.69) is 9.64 Å². The van der Waals surface area contributed by atoms with Gasteiger partial charge in [0.05, 0.1) is 18.0 Å². The van der Waals surface area contributed by atoms with Gasteiger partial charge in [0.1, 0.15) is 18.1 Å². The maximum atomic E-state index is 12.3. The van der Waals surface area contributed by atoms with Gasteiger partial charge in [-0.1, -0.05) is 43.5 Å². The molecule has 0 bridgehead atoms. The van der Waals surface area contributed by atoms with Gasteiger partial charge in [-0.05, 0) is 18.9 Å². The number of carbonyl (C=O) groups is 2. The van der Waals surface area contributed by atoms with Crippen LogP contribution in [0.4, 0.5) is 18.9 Å². The Morgan fingerprint density at radius 1 is 1.10 bits per heavy atom. The molecule has 1 fully saturated rings. The van der Waals surface area contributed by atoms with Gasteiger partial charge in [0.15, 0.2) is 0 Å². The fraction of sp³-hybridized carbons (Fsp3) is 0.481. The SMILES string of the molecule is O=C(CC1COc2cc(OCCN(Cc3ccccc3[N+](=O)[O-])C3CCCCC3)ccc21)OC(=O)C(F)(F)F. The van der Waals surface area contributed by atoms with Gasteiger partial charge in [-0.15, -0.1) is 0 Å². The van der Waals surface area contributed by atoms with E-state index in [1.165, 1.54) is 12.5 Å². The number of esters is 2. The lowest BCUT2D eigenvalue weighted by atomic mass is 9.93. The van der Waals surface area contributed by atoms with Crippen molar-refractivity contribution in [3.05, 3.63) is 63.7 Å². The van der Waals surface area contributed by atoms with E-state index in [-0.39, 0.29) is 17.2 Å². The molecular formula is C27H29F3N2O7. The fourth-order valence-electron chi connectivity index (χ4n) is 5.08. The summed E-state index contributed by atoms with van der Waals surface area (Å²) in [5.41, 5.74) is 1.36. The second kappa shape index (κ2) is 12.5. The van der Waals surface area contributed by atoms with Crippen LogP contribution in [0.1, 0.15) is 55.6 Å². The number of alkyl halides is 3. The molecule has 0 N–H and O–H groups in total. The number of hydrogen-bond donors (Lipinski definition) is 0. The summed E-state index contributed by atoms with van der Waals surface area (Å²) in [5.74, 6) is -3.42. The second-order valence-corrected chi connectivity index (χ2v) is 9.67. The molecule has 1 saturated carbocycles. The third-order valence-electron chi connectivity index (χ3n) is 7.02. The summed E-state index contributed by atoms with van der Waals surface area (Å²) < 4.78 is 52.4. The largest absolute Gasteiger partial charge is 0.492 e. The van der Waals surface area contributed by atoms with Crippen LogP contribution < -0.4 is 9.47 Å². The molecule has 0 spiro atoms. The van der Waals surface area contributed by atoms with Gasteiger partial charge in [-0.2, -0.15) is 13.2 Å². The predicted octanol–water partition coefficient (Wildman–Crippen LogP) is 5.31. The highest BCUT2D eigenvalue weighted by Gasteiger charge is 2.43. The fourth-order valence-corrected chi connectivity index (χ4v) is 5.08. The zero-order chi connectivity index (χ0) is 28.0. The minimum Gasteiger partial charge on any atom is -0.492 e. The van der Waals surface area contributed by atoms with E-state index in [0.717, 1.165) is 25.7 Å². The summed E-state index contributed by atoms with van der Waals surface area (Å²) in [6.45, 7) is 1.37. The van der Waals surface area contributed by atoms with Crippen molar-refractivity contribution in [3.8, 4) is 11.5 Å². The molecule has 39 heavy (non-hydrogen) atoms. The Balaban J connectivity index is 1.35. The highest BCUT2D eigenvalue weighted by molar-refractivity contribution is 5.88. The molecular weight excluding hydrogens is 521 g/mol. The molecule has 2 aliphatic rings. The summed E-state index contributed by atoms with van der Waals surface area (Å²) in [5, 5.41) is 11.5. The number of carbonyl (C=O) groups excluding carboxylic acids is 2.